The number of rotatable bonds is 8. The number of allylic oxidation sites excluding steroid dienone is 1. The van der Waals surface area contributed by atoms with Crippen LogP contribution < -0.4 is 5.32 Å². The monoisotopic (exact) mass is 335 g/mol. The van der Waals surface area contributed by atoms with E-state index in [1.807, 2.05) is 16.8 Å². The predicted molar refractivity (Wildman–Crippen MR) is 84.9 cm³/mol. The van der Waals surface area contributed by atoms with Crippen molar-refractivity contribution in [3.05, 3.63) is 34.9 Å². The molecule has 122 valence electrons. The van der Waals surface area contributed by atoms with Crippen LogP contribution in [0.1, 0.15) is 25.7 Å². The number of carbonyl (C=O) groups excluding carboxylic acids is 1. The number of aryl methyl sites for hydroxylation is 1. The lowest BCUT2D eigenvalue weighted by Crippen LogP contribution is -2.40. The van der Waals surface area contributed by atoms with Gasteiger partial charge in [0.2, 0.25) is 17.7 Å². The second-order valence-electron chi connectivity index (χ2n) is 4.78. The van der Waals surface area contributed by atoms with Gasteiger partial charge in [-0.1, -0.05) is 12.2 Å². The van der Waals surface area contributed by atoms with Crippen LogP contribution in [0.5, 0.6) is 0 Å². The van der Waals surface area contributed by atoms with E-state index < -0.39 is 12.0 Å². The zero-order valence-electron chi connectivity index (χ0n) is 12.6. The first-order valence-corrected chi connectivity index (χ1v) is 8.02. The number of aliphatic carboxylic acids is 1. The van der Waals surface area contributed by atoms with Gasteiger partial charge in [0, 0.05) is 23.8 Å². The third-order valence-corrected chi connectivity index (χ3v) is 3.72. The highest BCUT2D eigenvalue weighted by Gasteiger charge is 2.19. The Morgan fingerprint density at radius 1 is 1.48 bits per heavy atom. The van der Waals surface area contributed by atoms with Crippen LogP contribution in [-0.4, -0.2) is 33.2 Å². The smallest absolute Gasteiger partial charge is 0.326 e. The van der Waals surface area contributed by atoms with Gasteiger partial charge in [-0.3, -0.25) is 4.79 Å². The van der Waals surface area contributed by atoms with Crippen LogP contribution in [0.25, 0.3) is 11.5 Å². The average molecular weight is 335 g/mol. The lowest BCUT2D eigenvalue weighted by Gasteiger charge is -2.11. The standard InChI is InChI=1S/C15H17N3O4S/c1-2-3-4-11(15(20)21)16-12(19)5-6-13-17-18-14(22-13)10-7-8-23-9-10/h2-3,7-9,11H,4-6H2,1H3,(H,16,19)(H,20,21)/b3-2+. The maximum absolute atomic E-state index is 11.8. The van der Waals surface area contributed by atoms with Crippen LogP contribution in [0.3, 0.4) is 0 Å². The Morgan fingerprint density at radius 2 is 2.30 bits per heavy atom. The SMILES string of the molecule is C/C=C/CC(NC(=O)CCc1nnc(-c2ccsc2)o1)C(=O)O. The first-order chi connectivity index (χ1) is 11.1. The highest BCUT2D eigenvalue weighted by atomic mass is 32.1. The summed E-state index contributed by atoms with van der Waals surface area (Å²) in [6.45, 7) is 1.79. The summed E-state index contributed by atoms with van der Waals surface area (Å²) in [5, 5.41) is 23.1. The van der Waals surface area contributed by atoms with E-state index in [-0.39, 0.29) is 25.2 Å². The lowest BCUT2D eigenvalue weighted by atomic mass is 10.2. The van der Waals surface area contributed by atoms with Crippen molar-refractivity contribution in [2.45, 2.75) is 32.2 Å². The van der Waals surface area contributed by atoms with E-state index in [1.54, 1.807) is 19.1 Å². The molecule has 2 heterocycles. The molecule has 0 radical (unpaired) electrons. The van der Waals surface area contributed by atoms with Gasteiger partial charge in [0.05, 0.1) is 0 Å². The van der Waals surface area contributed by atoms with Gasteiger partial charge in [0.25, 0.3) is 0 Å². The van der Waals surface area contributed by atoms with Gasteiger partial charge in [0.15, 0.2) is 0 Å². The molecular formula is C15H17N3O4S. The maximum Gasteiger partial charge on any atom is 0.326 e. The molecule has 0 aliphatic carbocycles. The van der Waals surface area contributed by atoms with Crippen molar-refractivity contribution in [2.75, 3.05) is 0 Å². The molecule has 0 spiro atoms. The molecule has 1 unspecified atom stereocenters. The van der Waals surface area contributed by atoms with E-state index in [4.69, 9.17) is 9.52 Å². The summed E-state index contributed by atoms with van der Waals surface area (Å²) in [6.07, 6.45) is 4.04. The molecule has 0 saturated carbocycles. The number of nitrogens with one attached hydrogen (secondary N) is 1. The molecule has 23 heavy (non-hydrogen) atoms. The molecule has 2 aromatic rings. The lowest BCUT2D eigenvalue weighted by molar-refractivity contribution is -0.141. The normalized spacial score (nSPS) is 12.4. The summed E-state index contributed by atoms with van der Waals surface area (Å²) in [7, 11) is 0. The number of hydrogen-bond acceptors (Lipinski definition) is 6. The van der Waals surface area contributed by atoms with Crippen LogP contribution in [0, 0.1) is 0 Å². The third kappa shape index (κ3) is 5.03. The van der Waals surface area contributed by atoms with Gasteiger partial charge in [0.1, 0.15) is 6.04 Å². The fourth-order valence-corrected chi connectivity index (χ4v) is 2.47. The summed E-state index contributed by atoms with van der Waals surface area (Å²) < 4.78 is 5.47. The summed E-state index contributed by atoms with van der Waals surface area (Å²) in [5.74, 6) is -0.661. The van der Waals surface area contributed by atoms with Gasteiger partial charge in [-0.25, -0.2) is 4.79 Å². The van der Waals surface area contributed by atoms with Crippen LogP contribution in [-0.2, 0) is 16.0 Å². The highest BCUT2D eigenvalue weighted by molar-refractivity contribution is 7.08. The molecule has 2 rings (SSSR count). The van der Waals surface area contributed by atoms with E-state index in [1.165, 1.54) is 11.3 Å². The number of carboxylic acids is 1. The van der Waals surface area contributed by atoms with E-state index >= 15 is 0 Å². The first kappa shape index (κ1) is 16.9. The molecule has 0 fully saturated rings. The number of aromatic nitrogens is 2. The van der Waals surface area contributed by atoms with Gasteiger partial charge in [-0.05, 0) is 24.8 Å². The third-order valence-electron chi connectivity index (χ3n) is 3.04. The van der Waals surface area contributed by atoms with Gasteiger partial charge < -0.3 is 14.8 Å². The van der Waals surface area contributed by atoms with Crippen LogP contribution in [0.15, 0.2) is 33.4 Å². The number of hydrogen-bond donors (Lipinski definition) is 2. The second-order valence-corrected chi connectivity index (χ2v) is 5.56. The molecule has 2 aromatic heterocycles. The first-order valence-electron chi connectivity index (χ1n) is 7.08. The van der Waals surface area contributed by atoms with Crippen LogP contribution >= 0.6 is 11.3 Å². The van der Waals surface area contributed by atoms with Crippen molar-refractivity contribution < 1.29 is 19.1 Å². The van der Waals surface area contributed by atoms with Crippen LogP contribution in [0.2, 0.25) is 0 Å². The Labute approximate surface area is 137 Å². The summed E-state index contributed by atoms with van der Waals surface area (Å²) in [4.78, 5) is 22.9. The van der Waals surface area contributed by atoms with Crippen molar-refractivity contribution >= 4 is 23.2 Å². The highest BCUT2D eigenvalue weighted by Crippen LogP contribution is 2.20. The van der Waals surface area contributed by atoms with Gasteiger partial charge in [-0.15, -0.1) is 10.2 Å². The zero-order chi connectivity index (χ0) is 16.7. The summed E-state index contributed by atoms with van der Waals surface area (Å²) in [5.41, 5.74) is 0.843. The number of thiophene rings is 1. The maximum atomic E-state index is 11.8. The van der Waals surface area contributed by atoms with E-state index in [0.717, 1.165) is 5.56 Å². The molecule has 2 N–H and O–H groups in total. The molecule has 1 amide bonds. The molecule has 7 nitrogen and oxygen atoms in total. The van der Waals surface area contributed by atoms with E-state index in [2.05, 4.69) is 15.5 Å². The fraction of sp³-hybridized carbons (Fsp3) is 0.333. The van der Waals surface area contributed by atoms with E-state index in [9.17, 15) is 9.59 Å². The molecule has 0 bridgehead atoms. The van der Waals surface area contributed by atoms with Crippen molar-refractivity contribution in [3.63, 3.8) is 0 Å². The molecule has 0 saturated heterocycles. The Hall–Kier alpha value is -2.48. The van der Waals surface area contributed by atoms with Crippen molar-refractivity contribution in [3.8, 4) is 11.5 Å². The largest absolute Gasteiger partial charge is 0.480 e. The molecule has 0 aliphatic rings. The number of amides is 1. The van der Waals surface area contributed by atoms with Gasteiger partial charge in [-0.2, -0.15) is 11.3 Å². The van der Waals surface area contributed by atoms with Crippen LogP contribution in [0.4, 0.5) is 0 Å². The quantitative estimate of drug-likeness (QED) is 0.717. The Morgan fingerprint density at radius 3 is 2.96 bits per heavy atom. The average Bonchev–Trinajstić information content (AvgIpc) is 3.19. The Balaban J connectivity index is 1.85. The summed E-state index contributed by atoms with van der Waals surface area (Å²) in [6, 6.07) is 0.940. The minimum atomic E-state index is -1.06. The van der Waals surface area contributed by atoms with Crippen molar-refractivity contribution in [1.29, 1.82) is 0 Å². The summed E-state index contributed by atoms with van der Waals surface area (Å²) >= 11 is 1.52. The molecule has 8 heteroatoms. The molecule has 0 aromatic carbocycles. The van der Waals surface area contributed by atoms with Crippen molar-refractivity contribution in [2.24, 2.45) is 0 Å². The Bertz CT molecular complexity index is 679. The molecule has 1 atom stereocenters. The molecular weight excluding hydrogens is 318 g/mol. The number of carbonyl (C=O) groups is 2. The van der Waals surface area contributed by atoms with Crippen molar-refractivity contribution in [1.82, 2.24) is 15.5 Å². The fourth-order valence-electron chi connectivity index (χ4n) is 1.84. The van der Waals surface area contributed by atoms with E-state index in [0.29, 0.717) is 11.8 Å². The van der Waals surface area contributed by atoms with Gasteiger partial charge >= 0.3 is 5.97 Å². The number of carboxylic acid groups (broad SMARTS) is 1. The Kier molecular flexibility index (Phi) is 6.04. The minimum absolute atomic E-state index is 0.0882. The minimum Gasteiger partial charge on any atom is -0.480 e. The second kappa shape index (κ2) is 8.23. The topological polar surface area (TPSA) is 105 Å². The predicted octanol–water partition coefficient (Wildman–Crippen LogP) is 2.27. The zero-order valence-corrected chi connectivity index (χ0v) is 13.4. The molecule has 0 aliphatic heterocycles. The number of nitrogens with zero attached hydrogens (tertiary/aromatic N) is 2.